The molecule has 0 saturated carbocycles. The molecule has 1 fully saturated rings. The lowest BCUT2D eigenvalue weighted by Crippen LogP contribution is -2.07. The molecule has 0 N–H and O–H groups in total. The minimum atomic E-state index is 0.712. The van der Waals surface area contributed by atoms with E-state index >= 15 is 0 Å². The highest BCUT2D eigenvalue weighted by Gasteiger charge is 2.34. The number of benzene rings is 1. The molecule has 70 valence electrons. The fourth-order valence-corrected chi connectivity index (χ4v) is 1.84. The first-order valence-corrected chi connectivity index (χ1v) is 5.06. The van der Waals surface area contributed by atoms with Crippen LogP contribution in [0.5, 0.6) is 0 Å². The second-order valence-corrected chi connectivity index (χ2v) is 4.27. The molecule has 1 aromatic carbocycles. The average molecular weight is 175 g/mol. The van der Waals surface area contributed by atoms with Gasteiger partial charge in [0.2, 0.25) is 0 Å². The molecule has 1 aliphatic heterocycles. The summed E-state index contributed by atoms with van der Waals surface area (Å²) >= 11 is 0. The van der Waals surface area contributed by atoms with Gasteiger partial charge in [-0.15, -0.1) is 0 Å². The summed E-state index contributed by atoms with van der Waals surface area (Å²) in [5.41, 5.74) is 1.48. The maximum Gasteiger partial charge on any atom is 0.0476 e. The molecule has 0 aromatic heterocycles. The van der Waals surface area contributed by atoms with Gasteiger partial charge in [-0.05, 0) is 11.5 Å². The van der Waals surface area contributed by atoms with E-state index in [4.69, 9.17) is 0 Å². The van der Waals surface area contributed by atoms with Crippen LogP contribution in [0.1, 0.15) is 25.5 Å². The smallest absolute Gasteiger partial charge is 0.0476 e. The maximum atomic E-state index is 2.53. The molecular weight excluding hydrogens is 158 g/mol. The molecule has 1 nitrogen and oxygen atoms in total. The highest BCUT2D eigenvalue weighted by atomic mass is 15.3. The van der Waals surface area contributed by atoms with Gasteiger partial charge >= 0.3 is 0 Å². The van der Waals surface area contributed by atoms with Crippen LogP contribution in [0.3, 0.4) is 0 Å². The van der Waals surface area contributed by atoms with E-state index in [1.807, 2.05) is 0 Å². The van der Waals surface area contributed by atoms with Crippen molar-refractivity contribution in [1.29, 1.82) is 0 Å². The molecule has 1 unspecified atom stereocenters. The summed E-state index contributed by atoms with van der Waals surface area (Å²) in [5, 5.41) is 0. The summed E-state index contributed by atoms with van der Waals surface area (Å²) in [7, 11) is 0. The van der Waals surface area contributed by atoms with E-state index in [1.54, 1.807) is 0 Å². The first kappa shape index (κ1) is 8.76. The van der Waals surface area contributed by atoms with Crippen molar-refractivity contribution in [3.63, 3.8) is 0 Å². The second kappa shape index (κ2) is 3.51. The Balaban J connectivity index is 1.93. The summed E-state index contributed by atoms with van der Waals surface area (Å²) in [4.78, 5) is 2.53. The number of nitrogens with zero attached hydrogens (tertiary/aromatic N) is 1. The minimum Gasteiger partial charge on any atom is -0.293 e. The Hall–Kier alpha value is -0.820. The number of hydrogen-bond donors (Lipinski definition) is 0. The van der Waals surface area contributed by atoms with Gasteiger partial charge in [0.1, 0.15) is 0 Å². The molecule has 1 aromatic rings. The summed E-state index contributed by atoms with van der Waals surface area (Å²) < 4.78 is 0. The highest BCUT2D eigenvalue weighted by molar-refractivity contribution is 5.23. The van der Waals surface area contributed by atoms with Crippen molar-refractivity contribution in [2.45, 2.75) is 19.9 Å². The number of rotatable bonds is 3. The predicted molar refractivity (Wildman–Crippen MR) is 55.6 cm³/mol. The third kappa shape index (κ3) is 2.10. The molecule has 0 aliphatic carbocycles. The largest absolute Gasteiger partial charge is 0.293 e. The molecule has 0 radical (unpaired) electrons. The number of hydrogen-bond acceptors (Lipinski definition) is 1. The van der Waals surface area contributed by atoms with Crippen LogP contribution >= 0.6 is 0 Å². The molecule has 0 spiro atoms. The molecule has 1 saturated heterocycles. The SMILES string of the molecule is CC(C)CN1C[C@@H]1c1ccccc1. The van der Waals surface area contributed by atoms with E-state index in [0.29, 0.717) is 6.04 Å². The lowest BCUT2D eigenvalue weighted by Gasteiger charge is -2.06. The zero-order valence-electron chi connectivity index (χ0n) is 8.40. The molecule has 2 rings (SSSR count). The van der Waals surface area contributed by atoms with Crippen molar-refractivity contribution >= 4 is 0 Å². The average Bonchev–Trinajstić information content (AvgIpc) is 2.84. The fourth-order valence-electron chi connectivity index (χ4n) is 1.84. The molecule has 1 heterocycles. The molecule has 0 bridgehead atoms. The summed E-state index contributed by atoms with van der Waals surface area (Å²) in [6, 6.07) is 11.5. The Morgan fingerprint density at radius 1 is 1.31 bits per heavy atom. The van der Waals surface area contributed by atoms with Crippen LogP contribution in [0.2, 0.25) is 0 Å². The van der Waals surface area contributed by atoms with Crippen molar-refractivity contribution in [3.8, 4) is 0 Å². The van der Waals surface area contributed by atoms with Crippen LogP contribution in [0.15, 0.2) is 30.3 Å². The van der Waals surface area contributed by atoms with E-state index in [1.165, 1.54) is 18.7 Å². The van der Waals surface area contributed by atoms with E-state index in [-0.39, 0.29) is 0 Å². The third-order valence-electron chi connectivity index (χ3n) is 2.50. The van der Waals surface area contributed by atoms with Crippen molar-refractivity contribution < 1.29 is 0 Å². The van der Waals surface area contributed by atoms with Crippen LogP contribution < -0.4 is 0 Å². The van der Waals surface area contributed by atoms with Crippen molar-refractivity contribution in [3.05, 3.63) is 35.9 Å². The van der Waals surface area contributed by atoms with Gasteiger partial charge in [-0.2, -0.15) is 0 Å². The molecule has 1 aliphatic rings. The zero-order valence-corrected chi connectivity index (χ0v) is 8.40. The zero-order chi connectivity index (χ0) is 9.26. The monoisotopic (exact) mass is 175 g/mol. The van der Waals surface area contributed by atoms with E-state index in [0.717, 1.165) is 5.92 Å². The maximum absolute atomic E-state index is 2.53. The van der Waals surface area contributed by atoms with Gasteiger partial charge in [-0.25, -0.2) is 0 Å². The van der Waals surface area contributed by atoms with Crippen LogP contribution in [-0.2, 0) is 0 Å². The Bertz CT molecular complexity index is 266. The summed E-state index contributed by atoms with van der Waals surface area (Å²) in [6.45, 7) is 7.04. The van der Waals surface area contributed by atoms with Crippen LogP contribution in [0, 0.1) is 5.92 Å². The minimum absolute atomic E-state index is 0.712. The standard InChI is InChI=1S/C12H17N/c1-10(2)8-13-9-12(13)11-6-4-3-5-7-11/h3-7,10,12H,8-9H2,1-2H3/t12-,13?/m1/s1. The van der Waals surface area contributed by atoms with Gasteiger partial charge in [0.15, 0.2) is 0 Å². The van der Waals surface area contributed by atoms with E-state index in [9.17, 15) is 0 Å². The van der Waals surface area contributed by atoms with Gasteiger partial charge in [-0.1, -0.05) is 44.2 Å². The Kier molecular flexibility index (Phi) is 2.36. The topological polar surface area (TPSA) is 3.01 Å². The van der Waals surface area contributed by atoms with Crippen molar-refractivity contribution in [1.82, 2.24) is 4.90 Å². The van der Waals surface area contributed by atoms with Gasteiger partial charge in [-0.3, -0.25) is 4.90 Å². The first-order chi connectivity index (χ1) is 6.27. The normalized spacial score (nSPS) is 26.4. The Morgan fingerprint density at radius 3 is 2.62 bits per heavy atom. The highest BCUT2D eigenvalue weighted by Crippen LogP contribution is 2.34. The van der Waals surface area contributed by atoms with E-state index in [2.05, 4.69) is 49.1 Å². The first-order valence-electron chi connectivity index (χ1n) is 5.06. The third-order valence-corrected chi connectivity index (χ3v) is 2.50. The lowest BCUT2D eigenvalue weighted by molar-refractivity contribution is 0.431. The summed E-state index contributed by atoms with van der Waals surface area (Å²) in [5.74, 6) is 0.786. The van der Waals surface area contributed by atoms with Crippen LogP contribution in [-0.4, -0.2) is 18.0 Å². The van der Waals surface area contributed by atoms with Gasteiger partial charge in [0, 0.05) is 19.1 Å². The predicted octanol–water partition coefficient (Wildman–Crippen LogP) is 2.70. The molecular formula is C12H17N. The van der Waals surface area contributed by atoms with Gasteiger partial charge in [0.05, 0.1) is 0 Å². The van der Waals surface area contributed by atoms with Crippen molar-refractivity contribution in [2.75, 3.05) is 13.1 Å². The fraction of sp³-hybridized carbons (Fsp3) is 0.500. The van der Waals surface area contributed by atoms with Crippen LogP contribution in [0.4, 0.5) is 0 Å². The molecule has 13 heavy (non-hydrogen) atoms. The van der Waals surface area contributed by atoms with Gasteiger partial charge < -0.3 is 0 Å². The Labute approximate surface area is 80.4 Å². The van der Waals surface area contributed by atoms with Gasteiger partial charge in [0.25, 0.3) is 0 Å². The molecule has 0 amide bonds. The van der Waals surface area contributed by atoms with E-state index < -0.39 is 0 Å². The summed E-state index contributed by atoms with van der Waals surface area (Å²) in [6.07, 6.45) is 0. The lowest BCUT2D eigenvalue weighted by atomic mass is 10.1. The van der Waals surface area contributed by atoms with Crippen LogP contribution in [0.25, 0.3) is 0 Å². The quantitative estimate of drug-likeness (QED) is 0.638. The molecule has 2 atom stereocenters. The second-order valence-electron chi connectivity index (χ2n) is 4.27. The van der Waals surface area contributed by atoms with Crippen molar-refractivity contribution in [2.24, 2.45) is 5.92 Å². The Morgan fingerprint density at radius 2 is 2.00 bits per heavy atom. The molecule has 1 heteroatoms.